The largest absolute Gasteiger partial charge is 0.733 e. The molecule has 8 nitrogen and oxygen atoms in total. The molecule has 2 N–H and O–H groups in total. The molecule has 1 saturated carbocycles. The van der Waals surface area contributed by atoms with Crippen LogP contribution in [0.25, 0.3) is 0 Å². The minimum atomic E-state index is -0.817. The van der Waals surface area contributed by atoms with Gasteiger partial charge < -0.3 is 25.0 Å². The first kappa shape index (κ1) is 20.8. The Labute approximate surface area is 174 Å². The molecule has 3 aliphatic rings. The van der Waals surface area contributed by atoms with E-state index < -0.39 is 17.5 Å². The summed E-state index contributed by atoms with van der Waals surface area (Å²) in [5, 5.41) is 30.5. The van der Waals surface area contributed by atoms with Crippen molar-refractivity contribution in [3.63, 3.8) is 0 Å². The van der Waals surface area contributed by atoms with E-state index in [9.17, 15) is 19.9 Å². The Bertz CT molecular complexity index is 880. The van der Waals surface area contributed by atoms with Crippen LogP contribution in [0.5, 0.6) is 0 Å². The lowest BCUT2D eigenvalue weighted by molar-refractivity contribution is -0.135. The van der Waals surface area contributed by atoms with Crippen LogP contribution in [0.1, 0.15) is 43.5 Å². The van der Waals surface area contributed by atoms with Gasteiger partial charge in [-0.2, -0.15) is 0 Å². The van der Waals surface area contributed by atoms with Gasteiger partial charge in [0.1, 0.15) is 0 Å². The Balaban J connectivity index is 1.53. The van der Waals surface area contributed by atoms with Crippen LogP contribution in [-0.2, 0) is 14.3 Å². The third kappa shape index (κ3) is 3.29. The van der Waals surface area contributed by atoms with Gasteiger partial charge in [0.2, 0.25) is 0 Å². The number of benzene rings is 1. The maximum absolute atomic E-state index is 12.5. The van der Waals surface area contributed by atoms with Gasteiger partial charge in [-0.1, -0.05) is 20.3 Å². The van der Waals surface area contributed by atoms with Crippen LogP contribution in [-0.4, -0.2) is 41.6 Å². The molecular formula is C22H26NO7-. The van der Waals surface area contributed by atoms with Gasteiger partial charge in [-0.05, 0) is 48.6 Å². The molecule has 30 heavy (non-hydrogen) atoms. The summed E-state index contributed by atoms with van der Waals surface area (Å²) in [6.07, 6.45) is 3.36. The lowest BCUT2D eigenvalue weighted by atomic mass is 9.48. The zero-order valence-electron chi connectivity index (χ0n) is 17.0. The number of fused-ring (bicyclic) bond motifs is 3. The second-order valence-electron chi connectivity index (χ2n) is 9.15. The topological polar surface area (TPSA) is 119 Å². The monoisotopic (exact) mass is 416 g/mol. The molecule has 2 fully saturated rings. The first-order valence-corrected chi connectivity index (χ1v) is 10.2. The number of aliphatic hydroxyl groups is 1. The Morgan fingerprint density at radius 1 is 1.30 bits per heavy atom. The smallest absolute Gasteiger partial charge is 0.338 e. The van der Waals surface area contributed by atoms with Crippen LogP contribution in [0.15, 0.2) is 35.9 Å². The van der Waals surface area contributed by atoms with Crippen LogP contribution in [0.2, 0.25) is 0 Å². The fraction of sp³-hybridized carbons (Fsp3) is 0.545. The van der Waals surface area contributed by atoms with E-state index in [4.69, 9.17) is 14.7 Å². The minimum absolute atomic E-state index is 0.0165. The molecule has 0 amide bonds. The number of cyclic esters (lactones) is 1. The first-order chi connectivity index (χ1) is 14.2. The molecule has 0 unspecified atom stereocenters. The fourth-order valence-corrected chi connectivity index (χ4v) is 5.86. The van der Waals surface area contributed by atoms with Crippen LogP contribution in [0, 0.1) is 27.9 Å². The van der Waals surface area contributed by atoms with Crippen molar-refractivity contribution in [3.05, 3.63) is 46.7 Å². The van der Waals surface area contributed by atoms with Crippen molar-refractivity contribution in [2.45, 2.75) is 39.2 Å². The SMILES string of the molecule is C[C@]1(COC(=O)c2ccc(N([O-])O)cc2)CCC[C@]2(C)[C@H]3COC(=O)C3=C[C@@H](O)[C@@H]12. The molecule has 0 aromatic heterocycles. The van der Waals surface area contributed by atoms with Gasteiger partial charge in [0, 0.05) is 22.8 Å². The second-order valence-corrected chi connectivity index (χ2v) is 9.15. The summed E-state index contributed by atoms with van der Waals surface area (Å²) in [5.74, 6) is -1.12. The van der Waals surface area contributed by atoms with E-state index in [0.717, 1.165) is 19.3 Å². The van der Waals surface area contributed by atoms with Gasteiger partial charge in [0.25, 0.3) is 0 Å². The van der Waals surface area contributed by atoms with Crippen LogP contribution < -0.4 is 5.23 Å². The number of hydrogen-bond acceptors (Lipinski definition) is 8. The number of esters is 2. The highest BCUT2D eigenvalue weighted by molar-refractivity contribution is 5.92. The van der Waals surface area contributed by atoms with Crippen LogP contribution in [0.4, 0.5) is 5.69 Å². The van der Waals surface area contributed by atoms with Crippen molar-refractivity contribution in [2.24, 2.45) is 22.7 Å². The van der Waals surface area contributed by atoms with E-state index in [0.29, 0.717) is 12.2 Å². The molecule has 1 aromatic rings. The lowest BCUT2D eigenvalue weighted by Gasteiger charge is -2.57. The maximum Gasteiger partial charge on any atom is 0.338 e. The summed E-state index contributed by atoms with van der Waals surface area (Å²) >= 11 is 0. The van der Waals surface area contributed by atoms with Crippen molar-refractivity contribution in [3.8, 4) is 0 Å². The van der Waals surface area contributed by atoms with E-state index in [1.54, 1.807) is 6.08 Å². The maximum atomic E-state index is 12.5. The summed E-state index contributed by atoms with van der Waals surface area (Å²) in [6.45, 7) is 4.58. The highest BCUT2D eigenvalue weighted by Gasteiger charge is 2.60. The summed E-state index contributed by atoms with van der Waals surface area (Å²) in [7, 11) is 0. The van der Waals surface area contributed by atoms with E-state index in [2.05, 4.69) is 6.92 Å². The Morgan fingerprint density at radius 2 is 2.00 bits per heavy atom. The van der Waals surface area contributed by atoms with E-state index >= 15 is 0 Å². The number of ether oxygens (including phenoxy) is 2. The standard InChI is InChI=1S/C22H26NO7/c1-21(12-30-19(25)13-4-6-14(7-5-13)23(27)28)8-3-9-22(2)16-11-29-20(26)15(16)10-17(24)18(21)22/h4-7,10,16-18,24,27H,3,8-9,11-12H2,1-2H3/q-1/t16-,17+,18-,21+,22+/m0/s1. The quantitative estimate of drug-likeness (QED) is 0.568. The fourth-order valence-electron chi connectivity index (χ4n) is 5.86. The van der Waals surface area contributed by atoms with E-state index in [-0.39, 0.29) is 46.3 Å². The van der Waals surface area contributed by atoms with Gasteiger partial charge in [-0.25, -0.2) is 9.59 Å². The molecule has 1 aromatic carbocycles. The zero-order valence-corrected chi connectivity index (χ0v) is 17.0. The average molecular weight is 416 g/mol. The number of hydrogen-bond donors (Lipinski definition) is 2. The number of aliphatic hydroxyl groups excluding tert-OH is 1. The van der Waals surface area contributed by atoms with Crippen LogP contribution >= 0.6 is 0 Å². The Morgan fingerprint density at radius 3 is 2.67 bits per heavy atom. The lowest BCUT2D eigenvalue weighted by Crippen LogP contribution is -2.56. The zero-order chi connectivity index (χ0) is 21.7. The van der Waals surface area contributed by atoms with Crippen LogP contribution in [0.3, 0.4) is 0 Å². The molecule has 0 bridgehead atoms. The number of anilines is 1. The third-order valence-corrected chi connectivity index (χ3v) is 7.26. The van der Waals surface area contributed by atoms with Crippen molar-refractivity contribution >= 4 is 17.6 Å². The molecule has 4 rings (SSSR count). The molecule has 1 aliphatic heterocycles. The van der Waals surface area contributed by atoms with Gasteiger partial charge in [0.15, 0.2) is 0 Å². The van der Waals surface area contributed by atoms with Crippen molar-refractivity contribution < 1.29 is 29.4 Å². The van der Waals surface area contributed by atoms with Gasteiger partial charge in [-0.15, -0.1) is 0 Å². The number of nitrogens with zero attached hydrogens (tertiary/aromatic N) is 1. The molecule has 162 valence electrons. The molecule has 0 spiro atoms. The molecule has 0 radical (unpaired) electrons. The Kier molecular flexibility index (Phi) is 5.12. The molecule has 2 aliphatic carbocycles. The van der Waals surface area contributed by atoms with Gasteiger partial charge >= 0.3 is 11.9 Å². The number of rotatable bonds is 4. The first-order valence-electron chi connectivity index (χ1n) is 10.2. The van der Waals surface area contributed by atoms with Gasteiger partial charge in [0.05, 0.1) is 30.6 Å². The summed E-state index contributed by atoms with van der Waals surface area (Å²) < 4.78 is 10.9. The number of carbonyl (C=O) groups excluding carboxylic acids is 2. The predicted molar refractivity (Wildman–Crippen MR) is 106 cm³/mol. The van der Waals surface area contributed by atoms with Crippen molar-refractivity contribution in [1.82, 2.24) is 0 Å². The highest BCUT2D eigenvalue weighted by atomic mass is 16.8. The van der Waals surface area contributed by atoms with E-state index in [1.165, 1.54) is 24.3 Å². The second kappa shape index (κ2) is 7.37. The van der Waals surface area contributed by atoms with E-state index in [1.807, 2.05) is 6.92 Å². The number of carbonyl (C=O) groups is 2. The van der Waals surface area contributed by atoms with Crippen molar-refractivity contribution in [2.75, 3.05) is 18.4 Å². The van der Waals surface area contributed by atoms with Crippen molar-refractivity contribution in [1.29, 1.82) is 0 Å². The summed E-state index contributed by atoms with van der Waals surface area (Å²) in [6, 6.07) is 5.49. The molecule has 5 atom stereocenters. The average Bonchev–Trinajstić information content (AvgIpc) is 3.07. The molecular weight excluding hydrogens is 390 g/mol. The summed E-state index contributed by atoms with van der Waals surface area (Å²) in [5.41, 5.74) is 0.0628. The minimum Gasteiger partial charge on any atom is -0.733 e. The predicted octanol–water partition coefficient (Wildman–Crippen LogP) is 2.82. The molecule has 1 heterocycles. The highest BCUT2D eigenvalue weighted by Crippen LogP contribution is 2.61. The third-order valence-electron chi connectivity index (χ3n) is 7.26. The van der Waals surface area contributed by atoms with Gasteiger partial charge in [-0.3, -0.25) is 5.21 Å². The molecule has 1 saturated heterocycles. The summed E-state index contributed by atoms with van der Waals surface area (Å²) in [4.78, 5) is 24.6. The molecule has 8 heteroatoms. The normalized spacial score (nSPS) is 35.0. The Hall–Kier alpha value is -2.42.